The lowest BCUT2D eigenvalue weighted by atomic mass is 9.94. The monoisotopic (exact) mass is 365 g/mol. The van der Waals surface area contributed by atoms with E-state index in [1.165, 1.54) is 84.8 Å². The number of piperidine rings is 1. The first-order chi connectivity index (χ1) is 12.3. The van der Waals surface area contributed by atoms with Crippen molar-refractivity contribution >= 4 is 0 Å². The summed E-state index contributed by atoms with van der Waals surface area (Å²) in [7, 11) is 2.25. The molecule has 0 aromatic heterocycles. The van der Waals surface area contributed by atoms with Gasteiger partial charge in [0.05, 0.1) is 0 Å². The molecule has 26 heavy (non-hydrogen) atoms. The van der Waals surface area contributed by atoms with Crippen LogP contribution in [0.1, 0.15) is 40.5 Å². The van der Waals surface area contributed by atoms with Crippen LogP contribution in [0.15, 0.2) is 0 Å². The normalized spacial score (nSPS) is 27.5. The fourth-order valence-corrected chi connectivity index (χ4v) is 5.11. The van der Waals surface area contributed by atoms with Crippen molar-refractivity contribution in [3.05, 3.63) is 0 Å². The molecule has 0 saturated carbocycles. The summed E-state index contributed by atoms with van der Waals surface area (Å²) < 4.78 is 0. The van der Waals surface area contributed by atoms with Crippen molar-refractivity contribution in [3.8, 4) is 0 Å². The first-order valence-corrected chi connectivity index (χ1v) is 11.0. The summed E-state index contributed by atoms with van der Waals surface area (Å²) in [4.78, 5) is 13.3. The van der Waals surface area contributed by atoms with E-state index in [2.05, 4.69) is 59.2 Å². The van der Waals surface area contributed by atoms with Crippen LogP contribution in [0, 0.1) is 0 Å². The minimum absolute atomic E-state index is 0.299. The van der Waals surface area contributed by atoms with Gasteiger partial charge in [-0.2, -0.15) is 0 Å². The third-order valence-electron chi connectivity index (χ3n) is 7.12. The van der Waals surface area contributed by atoms with E-state index in [1.807, 2.05) is 0 Å². The first-order valence-electron chi connectivity index (χ1n) is 11.0. The van der Waals surface area contributed by atoms with Gasteiger partial charge in [0.25, 0.3) is 0 Å². The Hall–Kier alpha value is -0.200. The molecule has 5 heteroatoms. The van der Waals surface area contributed by atoms with Gasteiger partial charge in [-0.1, -0.05) is 0 Å². The summed E-state index contributed by atoms with van der Waals surface area (Å²) in [6.45, 7) is 23.3. The average molecular weight is 366 g/mol. The molecule has 0 unspecified atom stereocenters. The SMILES string of the molecule is CC(C)N1CCN(CC(C)(C)N2CCC(N3CCN(C)CC3)CC2)CC1. The summed E-state index contributed by atoms with van der Waals surface area (Å²) in [5.41, 5.74) is 0.299. The smallest absolute Gasteiger partial charge is 0.0280 e. The van der Waals surface area contributed by atoms with E-state index in [0.29, 0.717) is 11.6 Å². The summed E-state index contributed by atoms with van der Waals surface area (Å²) in [5, 5.41) is 0. The number of nitrogens with zero attached hydrogens (tertiary/aromatic N) is 5. The predicted molar refractivity (Wildman–Crippen MR) is 111 cm³/mol. The number of hydrogen-bond donors (Lipinski definition) is 0. The number of piperazine rings is 2. The molecule has 3 heterocycles. The summed E-state index contributed by atoms with van der Waals surface area (Å²) >= 11 is 0. The van der Waals surface area contributed by atoms with Crippen LogP contribution in [0.4, 0.5) is 0 Å². The number of likely N-dealkylation sites (N-methyl/N-ethyl adjacent to an activating group) is 1. The Balaban J connectivity index is 1.43. The van der Waals surface area contributed by atoms with Gasteiger partial charge in [0, 0.05) is 89.6 Å². The minimum Gasteiger partial charge on any atom is -0.304 e. The Morgan fingerprint density at radius 3 is 1.92 bits per heavy atom. The molecule has 0 spiro atoms. The Kier molecular flexibility index (Phi) is 7.00. The first kappa shape index (κ1) is 20.5. The molecule has 3 aliphatic rings. The maximum absolute atomic E-state index is 2.77. The molecule has 152 valence electrons. The van der Waals surface area contributed by atoms with Crippen LogP contribution >= 0.6 is 0 Å². The van der Waals surface area contributed by atoms with Crippen molar-refractivity contribution in [3.63, 3.8) is 0 Å². The topological polar surface area (TPSA) is 16.2 Å². The van der Waals surface area contributed by atoms with Gasteiger partial charge in [0.1, 0.15) is 0 Å². The average Bonchev–Trinajstić information content (AvgIpc) is 2.62. The second-order valence-corrected chi connectivity index (χ2v) is 9.78. The maximum Gasteiger partial charge on any atom is 0.0280 e. The molecule has 0 aromatic rings. The highest BCUT2D eigenvalue weighted by atomic mass is 15.3. The lowest BCUT2D eigenvalue weighted by Gasteiger charge is -2.49. The van der Waals surface area contributed by atoms with Gasteiger partial charge in [-0.15, -0.1) is 0 Å². The van der Waals surface area contributed by atoms with Crippen LogP contribution < -0.4 is 0 Å². The molecule has 3 saturated heterocycles. The molecule has 3 rings (SSSR count). The fraction of sp³-hybridized carbons (Fsp3) is 1.00. The molecule has 0 amide bonds. The second kappa shape index (κ2) is 8.87. The molecule has 0 atom stereocenters. The molecular weight excluding hydrogens is 322 g/mol. The van der Waals surface area contributed by atoms with Crippen LogP contribution in [-0.4, -0.2) is 121 Å². The summed E-state index contributed by atoms with van der Waals surface area (Å²) in [6, 6.07) is 1.52. The number of hydrogen-bond acceptors (Lipinski definition) is 5. The van der Waals surface area contributed by atoms with E-state index in [4.69, 9.17) is 0 Å². The molecule has 5 nitrogen and oxygen atoms in total. The highest BCUT2D eigenvalue weighted by Gasteiger charge is 2.35. The van der Waals surface area contributed by atoms with Gasteiger partial charge in [-0.05, 0) is 47.6 Å². The largest absolute Gasteiger partial charge is 0.304 e. The van der Waals surface area contributed by atoms with Gasteiger partial charge in [-0.25, -0.2) is 0 Å². The Morgan fingerprint density at radius 2 is 1.38 bits per heavy atom. The van der Waals surface area contributed by atoms with Crippen molar-refractivity contribution in [2.45, 2.75) is 58.2 Å². The van der Waals surface area contributed by atoms with E-state index >= 15 is 0 Å². The van der Waals surface area contributed by atoms with Crippen LogP contribution in [0.5, 0.6) is 0 Å². The van der Waals surface area contributed by atoms with Gasteiger partial charge in [-0.3, -0.25) is 19.6 Å². The second-order valence-electron chi connectivity index (χ2n) is 9.78. The third-order valence-corrected chi connectivity index (χ3v) is 7.12. The molecule has 0 radical (unpaired) electrons. The van der Waals surface area contributed by atoms with Crippen molar-refractivity contribution in [2.75, 3.05) is 79.0 Å². The van der Waals surface area contributed by atoms with Crippen LogP contribution in [0.3, 0.4) is 0 Å². The zero-order valence-corrected chi connectivity index (χ0v) is 18.1. The van der Waals surface area contributed by atoms with E-state index < -0.39 is 0 Å². The lowest BCUT2D eigenvalue weighted by Crippen LogP contribution is -2.59. The fourth-order valence-electron chi connectivity index (χ4n) is 5.11. The minimum atomic E-state index is 0.299. The summed E-state index contributed by atoms with van der Waals surface area (Å²) in [6.07, 6.45) is 2.71. The standard InChI is InChI=1S/C21H43N5/c1-19(2)24-16-12-23(13-17-24)18-21(3,4)26-8-6-20(7-9-26)25-14-10-22(5)11-15-25/h19-20H,6-18H2,1-5H3. The van der Waals surface area contributed by atoms with Crippen molar-refractivity contribution in [1.29, 1.82) is 0 Å². The zero-order chi connectivity index (χ0) is 18.7. The van der Waals surface area contributed by atoms with E-state index in [9.17, 15) is 0 Å². The van der Waals surface area contributed by atoms with Crippen molar-refractivity contribution in [1.82, 2.24) is 24.5 Å². The molecule has 3 fully saturated rings. The molecule has 0 aliphatic carbocycles. The van der Waals surface area contributed by atoms with Crippen LogP contribution in [-0.2, 0) is 0 Å². The Morgan fingerprint density at radius 1 is 0.808 bits per heavy atom. The lowest BCUT2D eigenvalue weighted by molar-refractivity contribution is 0.00564. The van der Waals surface area contributed by atoms with E-state index in [-0.39, 0.29) is 0 Å². The van der Waals surface area contributed by atoms with E-state index in [0.717, 1.165) is 6.04 Å². The van der Waals surface area contributed by atoms with Crippen molar-refractivity contribution in [2.24, 2.45) is 0 Å². The van der Waals surface area contributed by atoms with Crippen molar-refractivity contribution < 1.29 is 0 Å². The van der Waals surface area contributed by atoms with Gasteiger partial charge < -0.3 is 4.90 Å². The molecular formula is C21H43N5. The number of likely N-dealkylation sites (tertiary alicyclic amines) is 1. The molecule has 0 N–H and O–H groups in total. The van der Waals surface area contributed by atoms with Gasteiger partial charge in [0.15, 0.2) is 0 Å². The zero-order valence-electron chi connectivity index (χ0n) is 18.1. The Bertz CT molecular complexity index is 414. The van der Waals surface area contributed by atoms with Crippen LogP contribution in [0.2, 0.25) is 0 Å². The highest BCUT2D eigenvalue weighted by Crippen LogP contribution is 2.25. The van der Waals surface area contributed by atoms with Gasteiger partial charge >= 0.3 is 0 Å². The van der Waals surface area contributed by atoms with Crippen LogP contribution in [0.25, 0.3) is 0 Å². The quantitative estimate of drug-likeness (QED) is 0.732. The highest BCUT2D eigenvalue weighted by molar-refractivity contribution is 4.92. The molecule has 3 aliphatic heterocycles. The predicted octanol–water partition coefficient (Wildman–Crippen LogP) is 1.50. The van der Waals surface area contributed by atoms with Gasteiger partial charge in [0.2, 0.25) is 0 Å². The number of rotatable bonds is 5. The molecule has 0 aromatic carbocycles. The third kappa shape index (κ3) is 5.20. The Labute approximate surface area is 162 Å². The summed E-state index contributed by atoms with van der Waals surface area (Å²) in [5.74, 6) is 0. The molecule has 0 bridgehead atoms. The van der Waals surface area contributed by atoms with E-state index in [1.54, 1.807) is 0 Å². The maximum atomic E-state index is 2.77.